The highest BCUT2D eigenvalue weighted by Gasteiger charge is 2.38. The van der Waals surface area contributed by atoms with Gasteiger partial charge >= 0.3 is 0 Å². The van der Waals surface area contributed by atoms with Gasteiger partial charge in [0.2, 0.25) is 0 Å². The molecule has 2 aliphatic rings. The van der Waals surface area contributed by atoms with Crippen LogP contribution in [0, 0.1) is 6.92 Å². The van der Waals surface area contributed by atoms with Crippen molar-refractivity contribution in [3.8, 4) is 0 Å². The van der Waals surface area contributed by atoms with E-state index in [-0.39, 0.29) is 11.3 Å². The van der Waals surface area contributed by atoms with Gasteiger partial charge in [0, 0.05) is 26.6 Å². The van der Waals surface area contributed by atoms with Crippen LogP contribution in [0.15, 0.2) is 57.7 Å². The Bertz CT molecular complexity index is 1060. The first-order valence-corrected chi connectivity index (χ1v) is 11.2. The van der Waals surface area contributed by atoms with Crippen LogP contribution in [0.4, 0.5) is 5.69 Å². The number of hydrogen-bond donors (Lipinski definition) is 1. The smallest absolute Gasteiger partial charge is 0.167 e. The number of anilines is 1. The maximum Gasteiger partial charge on any atom is 0.167 e. The lowest BCUT2D eigenvalue weighted by Gasteiger charge is -2.37. The van der Waals surface area contributed by atoms with Gasteiger partial charge in [0.15, 0.2) is 5.78 Å². The standard InChI is InChI=1S/C23H21NOS3/c1-13-10-11-16-17(12-13)24-23(3,4)21(26)18(16)22-27-19(14(2)25)20(28-22)15-8-6-5-7-9-15/h5-12,24H,1-4H3/b22-18+. The summed E-state index contributed by atoms with van der Waals surface area (Å²) >= 11 is 9.14. The van der Waals surface area contributed by atoms with Gasteiger partial charge in [-0.05, 0) is 44.9 Å². The quantitative estimate of drug-likeness (QED) is 0.430. The lowest BCUT2D eigenvalue weighted by atomic mass is 9.85. The summed E-state index contributed by atoms with van der Waals surface area (Å²) in [5.41, 5.74) is 5.24. The largest absolute Gasteiger partial charge is 0.375 e. The Hall–Kier alpha value is -1.82. The van der Waals surface area contributed by atoms with Crippen LogP contribution >= 0.6 is 35.7 Å². The number of carbonyl (C=O) groups is 1. The van der Waals surface area contributed by atoms with Crippen molar-refractivity contribution in [3.05, 3.63) is 74.4 Å². The molecule has 0 radical (unpaired) electrons. The zero-order chi connectivity index (χ0) is 20.1. The first-order chi connectivity index (χ1) is 13.3. The van der Waals surface area contributed by atoms with E-state index in [0.29, 0.717) is 0 Å². The molecule has 2 heterocycles. The highest BCUT2D eigenvalue weighted by atomic mass is 32.2. The lowest BCUT2D eigenvalue weighted by Crippen LogP contribution is -2.43. The molecule has 0 spiro atoms. The lowest BCUT2D eigenvalue weighted by molar-refractivity contribution is -0.112. The van der Waals surface area contributed by atoms with Crippen molar-refractivity contribution in [3.63, 3.8) is 0 Å². The van der Waals surface area contributed by atoms with E-state index in [1.807, 2.05) is 18.2 Å². The van der Waals surface area contributed by atoms with Crippen molar-refractivity contribution in [2.24, 2.45) is 0 Å². The molecule has 0 aromatic heterocycles. The molecule has 0 amide bonds. The van der Waals surface area contributed by atoms with Crippen molar-refractivity contribution in [1.29, 1.82) is 0 Å². The van der Waals surface area contributed by atoms with Crippen LogP contribution in [0.3, 0.4) is 0 Å². The number of rotatable bonds is 2. The molecule has 0 bridgehead atoms. The van der Waals surface area contributed by atoms with E-state index in [2.05, 4.69) is 56.4 Å². The summed E-state index contributed by atoms with van der Waals surface area (Å²) in [6.45, 7) is 7.96. The van der Waals surface area contributed by atoms with Crippen LogP contribution < -0.4 is 5.32 Å². The average molecular weight is 424 g/mol. The van der Waals surface area contributed by atoms with E-state index >= 15 is 0 Å². The van der Waals surface area contributed by atoms with E-state index in [1.54, 1.807) is 30.4 Å². The van der Waals surface area contributed by atoms with E-state index in [0.717, 1.165) is 41.3 Å². The molecule has 28 heavy (non-hydrogen) atoms. The second-order valence-electron chi connectivity index (χ2n) is 7.58. The fourth-order valence-corrected chi connectivity index (χ4v) is 6.58. The molecule has 0 atom stereocenters. The minimum Gasteiger partial charge on any atom is -0.375 e. The molecule has 0 aliphatic carbocycles. The summed E-state index contributed by atoms with van der Waals surface area (Å²) in [5, 5.41) is 3.58. The number of ketones is 1. The van der Waals surface area contributed by atoms with Crippen LogP contribution in [-0.4, -0.2) is 16.2 Å². The Morgan fingerprint density at radius 1 is 1.07 bits per heavy atom. The molecule has 5 heteroatoms. The minimum atomic E-state index is -0.328. The number of nitrogens with one attached hydrogen (secondary N) is 1. The number of hydrogen-bond acceptors (Lipinski definition) is 5. The third kappa shape index (κ3) is 3.36. The highest BCUT2D eigenvalue weighted by molar-refractivity contribution is 8.32. The molecule has 0 unspecified atom stereocenters. The summed E-state index contributed by atoms with van der Waals surface area (Å²) in [6.07, 6.45) is 0. The minimum absolute atomic E-state index is 0.0928. The van der Waals surface area contributed by atoms with Gasteiger partial charge in [0.25, 0.3) is 0 Å². The van der Waals surface area contributed by atoms with Crippen LogP contribution in [0.1, 0.15) is 37.5 Å². The Kier molecular flexibility index (Phi) is 5.02. The number of Topliss-reactive ketones (excluding diaryl/α,β-unsaturated/α-hetero) is 1. The normalized spacial score (nSPS) is 20.8. The molecule has 0 fully saturated rings. The monoisotopic (exact) mass is 423 g/mol. The Balaban J connectivity index is 1.88. The second-order valence-corrected chi connectivity index (χ2v) is 10.3. The molecule has 2 aromatic carbocycles. The fraction of sp³-hybridized carbons (Fsp3) is 0.217. The SMILES string of the molecule is CC(=O)C1=C(c2ccccc2)S/C(=C2/C(=S)C(C)(C)Nc3cc(C)ccc32)S1. The zero-order valence-corrected chi connectivity index (χ0v) is 18.7. The number of allylic oxidation sites excluding steroid dienone is 1. The molecule has 1 N–H and O–H groups in total. The van der Waals surface area contributed by atoms with Gasteiger partial charge < -0.3 is 5.32 Å². The maximum atomic E-state index is 12.4. The van der Waals surface area contributed by atoms with Gasteiger partial charge in [-0.2, -0.15) is 0 Å². The Morgan fingerprint density at radius 3 is 2.46 bits per heavy atom. The molecular formula is C23H21NOS3. The second kappa shape index (κ2) is 7.21. The van der Waals surface area contributed by atoms with Crippen molar-refractivity contribution in [1.82, 2.24) is 0 Å². The van der Waals surface area contributed by atoms with Gasteiger partial charge in [-0.15, -0.1) is 0 Å². The molecule has 0 saturated carbocycles. The first kappa shape index (κ1) is 19.5. The molecular weight excluding hydrogens is 402 g/mol. The number of thiocarbonyl (C=S) groups is 1. The molecule has 0 saturated heterocycles. The van der Waals surface area contributed by atoms with Crippen molar-refractivity contribution in [2.75, 3.05) is 5.32 Å². The van der Waals surface area contributed by atoms with E-state index < -0.39 is 0 Å². The summed E-state index contributed by atoms with van der Waals surface area (Å²) < 4.78 is 1.09. The third-order valence-electron chi connectivity index (χ3n) is 4.84. The van der Waals surface area contributed by atoms with Gasteiger partial charge in [0.05, 0.1) is 14.7 Å². The van der Waals surface area contributed by atoms with Gasteiger partial charge in [-0.1, -0.05) is 78.2 Å². The molecule has 142 valence electrons. The van der Waals surface area contributed by atoms with Crippen LogP contribution in [0.25, 0.3) is 10.5 Å². The Morgan fingerprint density at radius 2 is 1.79 bits per heavy atom. The molecule has 2 aromatic rings. The average Bonchev–Trinajstić information content (AvgIpc) is 3.08. The maximum absolute atomic E-state index is 12.4. The van der Waals surface area contributed by atoms with E-state index in [9.17, 15) is 4.79 Å². The zero-order valence-electron chi connectivity index (χ0n) is 16.3. The number of benzene rings is 2. The van der Waals surface area contributed by atoms with Gasteiger partial charge in [-0.25, -0.2) is 0 Å². The summed E-state index contributed by atoms with van der Waals surface area (Å²) in [5.74, 6) is 0.0928. The number of carbonyl (C=O) groups excluding carboxylic acids is 1. The van der Waals surface area contributed by atoms with Crippen molar-refractivity contribution in [2.45, 2.75) is 33.2 Å². The molecule has 2 nitrogen and oxygen atoms in total. The highest BCUT2D eigenvalue weighted by Crippen LogP contribution is 2.57. The van der Waals surface area contributed by atoms with Gasteiger partial charge in [-0.3, -0.25) is 4.79 Å². The number of aryl methyl sites for hydroxylation is 1. The summed E-state index contributed by atoms with van der Waals surface area (Å²) in [6, 6.07) is 16.5. The van der Waals surface area contributed by atoms with E-state index in [1.165, 1.54) is 5.56 Å². The van der Waals surface area contributed by atoms with Crippen molar-refractivity contribution < 1.29 is 4.79 Å². The van der Waals surface area contributed by atoms with Crippen LogP contribution in [0.5, 0.6) is 0 Å². The third-order valence-corrected chi connectivity index (χ3v) is 8.30. The predicted molar refractivity (Wildman–Crippen MR) is 128 cm³/mol. The van der Waals surface area contributed by atoms with Crippen molar-refractivity contribution >= 4 is 62.6 Å². The molecule has 4 rings (SSSR count). The van der Waals surface area contributed by atoms with Crippen LogP contribution in [0.2, 0.25) is 0 Å². The Labute approximate surface area is 179 Å². The van der Waals surface area contributed by atoms with Gasteiger partial charge in [0.1, 0.15) is 0 Å². The predicted octanol–water partition coefficient (Wildman–Crippen LogP) is 6.68. The fourth-order valence-electron chi connectivity index (χ4n) is 3.42. The summed E-state index contributed by atoms with van der Waals surface area (Å²) in [7, 11) is 0. The van der Waals surface area contributed by atoms with Crippen LogP contribution in [-0.2, 0) is 4.79 Å². The first-order valence-electron chi connectivity index (χ1n) is 9.12. The number of thioether (sulfide) groups is 2. The molecule has 2 aliphatic heterocycles. The number of fused-ring (bicyclic) bond motifs is 1. The topological polar surface area (TPSA) is 29.1 Å². The summed E-state index contributed by atoms with van der Waals surface area (Å²) in [4.78, 5) is 15.1. The van der Waals surface area contributed by atoms with E-state index in [4.69, 9.17) is 12.2 Å².